The second-order valence-corrected chi connectivity index (χ2v) is 10.1. The van der Waals surface area contributed by atoms with Gasteiger partial charge in [-0.25, -0.2) is 0 Å². The van der Waals surface area contributed by atoms with Crippen LogP contribution in [0.4, 0.5) is 5.69 Å². The number of thioether (sulfide) groups is 1. The van der Waals surface area contributed by atoms with Gasteiger partial charge in [0.1, 0.15) is 0 Å². The predicted molar refractivity (Wildman–Crippen MR) is 129 cm³/mol. The Morgan fingerprint density at radius 2 is 2.00 bits per heavy atom. The molecule has 0 bridgehead atoms. The lowest BCUT2D eigenvalue weighted by molar-refractivity contribution is -0.384. The zero-order chi connectivity index (χ0) is 24.8. The molecule has 3 rings (SSSR count). The van der Waals surface area contributed by atoms with E-state index in [4.69, 9.17) is 0 Å². The first-order valence-corrected chi connectivity index (χ1v) is 12.5. The zero-order valence-corrected chi connectivity index (χ0v) is 20.8. The molecule has 2 N–H and O–H groups in total. The number of nitrogens with one attached hydrogen (secondary N) is 2. The lowest BCUT2D eigenvalue weighted by Crippen LogP contribution is -2.41. The van der Waals surface area contributed by atoms with Crippen LogP contribution in [-0.2, 0) is 11.8 Å². The number of benzene rings is 1. The highest BCUT2D eigenvalue weighted by Gasteiger charge is 2.27. The van der Waals surface area contributed by atoms with Crippen molar-refractivity contribution < 1.29 is 14.5 Å². The van der Waals surface area contributed by atoms with Gasteiger partial charge in [0.25, 0.3) is 11.6 Å². The number of hydrogen-bond acceptors (Lipinski definition) is 7. The molecule has 0 aliphatic heterocycles. The van der Waals surface area contributed by atoms with Crippen LogP contribution in [0.3, 0.4) is 0 Å². The van der Waals surface area contributed by atoms with E-state index in [1.807, 2.05) is 13.8 Å². The zero-order valence-electron chi connectivity index (χ0n) is 20.0. The van der Waals surface area contributed by atoms with Crippen molar-refractivity contribution in [1.82, 2.24) is 25.4 Å². The van der Waals surface area contributed by atoms with Gasteiger partial charge in [0.05, 0.1) is 16.7 Å². The SMILES string of the molecule is CC(C)[C@H](NC(=O)c1cccc([N+](=O)[O-])c1)c1nnc(SCC(=O)N[C@H]2CCCC[C@H]2C)n1C. The van der Waals surface area contributed by atoms with E-state index in [0.29, 0.717) is 16.9 Å². The number of hydrogen-bond donors (Lipinski definition) is 2. The maximum Gasteiger partial charge on any atom is 0.270 e. The van der Waals surface area contributed by atoms with Gasteiger partial charge in [0.15, 0.2) is 11.0 Å². The van der Waals surface area contributed by atoms with E-state index < -0.39 is 16.9 Å². The molecule has 1 aliphatic rings. The van der Waals surface area contributed by atoms with Crippen LogP contribution in [0.25, 0.3) is 0 Å². The number of nitro groups is 1. The molecule has 3 atom stereocenters. The molecule has 0 radical (unpaired) electrons. The second kappa shape index (κ2) is 11.5. The van der Waals surface area contributed by atoms with Gasteiger partial charge in [0, 0.05) is 30.8 Å². The van der Waals surface area contributed by atoms with E-state index in [1.165, 1.54) is 42.4 Å². The third kappa shape index (κ3) is 6.34. The van der Waals surface area contributed by atoms with Crippen molar-refractivity contribution in [3.05, 3.63) is 45.8 Å². The standard InChI is InChI=1S/C23H32N6O4S/c1-14(2)20(25-22(31)16-9-7-10-17(12-16)29(32)33)21-26-27-23(28(21)4)34-13-19(30)24-18-11-6-5-8-15(18)3/h7,9-10,12,14-15,18,20H,5-6,8,11,13H2,1-4H3,(H,24,30)(H,25,31)/t15-,18+,20+/m1/s1. The highest BCUT2D eigenvalue weighted by Crippen LogP contribution is 2.26. The molecule has 34 heavy (non-hydrogen) atoms. The fourth-order valence-electron chi connectivity index (χ4n) is 4.15. The van der Waals surface area contributed by atoms with Crippen LogP contribution in [0.1, 0.15) is 68.7 Å². The summed E-state index contributed by atoms with van der Waals surface area (Å²) >= 11 is 1.30. The maximum atomic E-state index is 12.8. The van der Waals surface area contributed by atoms with Gasteiger partial charge in [0.2, 0.25) is 5.91 Å². The fraction of sp³-hybridized carbons (Fsp3) is 0.565. The molecule has 0 unspecified atom stereocenters. The Morgan fingerprint density at radius 1 is 1.26 bits per heavy atom. The highest BCUT2D eigenvalue weighted by molar-refractivity contribution is 7.99. The average Bonchev–Trinajstić information content (AvgIpc) is 3.17. The Bertz CT molecular complexity index is 1040. The molecule has 1 aliphatic carbocycles. The van der Waals surface area contributed by atoms with Crippen molar-refractivity contribution in [3.63, 3.8) is 0 Å². The minimum Gasteiger partial charge on any atom is -0.352 e. The van der Waals surface area contributed by atoms with Gasteiger partial charge in [-0.15, -0.1) is 10.2 Å². The molecule has 0 saturated heterocycles. The van der Waals surface area contributed by atoms with Crippen LogP contribution in [-0.4, -0.2) is 43.3 Å². The summed E-state index contributed by atoms with van der Waals surface area (Å²) in [5, 5.41) is 26.2. The Kier molecular flexibility index (Phi) is 8.65. The fourth-order valence-corrected chi connectivity index (χ4v) is 4.88. The van der Waals surface area contributed by atoms with E-state index in [-0.39, 0.29) is 34.9 Å². The van der Waals surface area contributed by atoms with Gasteiger partial charge >= 0.3 is 0 Å². The van der Waals surface area contributed by atoms with E-state index in [0.717, 1.165) is 19.3 Å². The van der Waals surface area contributed by atoms with Crippen molar-refractivity contribution in [3.8, 4) is 0 Å². The number of carbonyl (C=O) groups is 2. The van der Waals surface area contributed by atoms with Gasteiger partial charge in [-0.1, -0.05) is 51.4 Å². The van der Waals surface area contributed by atoms with Gasteiger partial charge < -0.3 is 15.2 Å². The average molecular weight is 489 g/mol. The number of rotatable bonds is 9. The van der Waals surface area contributed by atoms with E-state index in [9.17, 15) is 19.7 Å². The first kappa shape index (κ1) is 25.7. The highest BCUT2D eigenvalue weighted by atomic mass is 32.2. The number of carbonyl (C=O) groups excluding carboxylic acids is 2. The van der Waals surface area contributed by atoms with E-state index in [2.05, 4.69) is 27.8 Å². The number of nitrogens with zero attached hydrogens (tertiary/aromatic N) is 4. The summed E-state index contributed by atoms with van der Waals surface area (Å²) in [6, 6.07) is 5.36. The monoisotopic (exact) mass is 488 g/mol. The van der Waals surface area contributed by atoms with Crippen LogP contribution < -0.4 is 10.6 Å². The summed E-state index contributed by atoms with van der Waals surface area (Å²) in [5.41, 5.74) is 0.0530. The van der Waals surface area contributed by atoms with Gasteiger partial charge in [-0.05, 0) is 30.7 Å². The molecule has 1 saturated carbocycles. The van der Waals surface area contributed by atoms with Gasteiger partial charge in [-0.3, -0.25) is 19.7 Å². The molecule has 2 amide bonds. The number of non-ortho nitro benzene ring substituents is 1. The largest absolute Gasteiger partial charge is 0.352 e. The normalized spacial score (nSPS) is 19.0. The first-order chi connectivity index (χ1) is 16.2. The Morgan fingerprint density at radius 3 is 2.68 bits per heavy atom. The quantitative estimate of drug-likeness (QED) is 0.313. The molecule has 1 aromatic heterocycles. The Balaban J connectivity index is 1.65. The van der Waals surface area contributed by atoms with Crippen LogP contribution in [0.2, 0.25) is 0 Å². The third-order valence-electron chi connectivity index (χ3n) is 6.21. The third-order valence-corrected chi connectivity index (χ3v) is 7.23. The Hall–Kier alpha value is -2.95. The van der Waals surface area contributed by atoms with E-state index in [1.54, 1.807) is 11.6 Å². The molecule has 1 heterocycles. The minimum atomic E-state index is -0.534. The maximum absolute atomic E-state index is 12.8. The van der Waals surface area contributed by atoms with Crippen LogP contribution in [0.15, 0.2) is 29.4 Å². The lowest BCUT2D eigenvalue weighted by atomic mass is 9.86. The molecule has 1 fully saturated rings. The van der Waals surface area contributed by atoms with E-state index >= 15 is 0 Å². The summed E-state index contributed by atoms with van der Waals surface area (Å²) < 4.78 is 1.78. The number of aromatic nitrogens is 3. The molecule has 2 aromatic rings. The number of amides is 2. The molecule has 0 spiro atoms. The summed E-state index contributed by atoms with van der Waals surface area (Å²) in [7, 11) is 1.80. The van der Waals surface area contributed by atoms with Crippen molar-refractivity contribution in [1.29, 1.82) is 0 Å². The van der Waals surface area contributed by atoms with Crippen molar-refractivity contribution in [2.45, 2.75) is 63.7 Å². The van der Waals surface area contributed by atoms with Crippen molar-refractivity contribution >= 4 is 29.3 Å². The molecule has 1 aromatic carbocycles. The number of nitro benzene ring substituents is 1. The lowest BCUT2D eigenvalue weighted by Gasteiger charge is -2.29. The van der Waals surface area contributed by atoms with Gasteiger partial charge in [-0.2, -0.15) is 0 Å². The summed E-state index contributed by atoms with van der Waals surface area (Å²) in [5.74, 6) is 0.817. The molecule has 184 valence electrons. The summed E-state index contributed by atoms with van der Waals surface area (Å²) in [6.07, 6.45) is 4.53. The Labute approximate surface area is 203 Å². The molecular formula is C23H32N6O4S. The summed E-state index contributed by atoms with van der Waals surface area (Å²) in [6.45, 7) is 6.07. The van der Waals surface area contributed by atoms with Crippen LogP contribution >= 0.6 is 11.8 Å². The topological polar surface area (TPSA) is 132 Å². The minimum absolute atomic E-state index is 0.0144. The van der Waals surface area contributed by atoms with Crippen LogP contribution in [0.5, 0.6) is 0 Å². The second-order valence-electron chi connectivity index (χ2n) is 9.13. The van der Waals surface area contributed by atoms with Crippen molar-refractivity contribution in [2.24, 2.45) is 18.9 Å². The molecule has 11 heteroatoms. The smallest absolute Gasteiger partial charge is 0.270 e. The predicted octanol–water partition coefficient (Wildman–Crippen LogP) is 3.64. The van der Waals surface area contributed by atoms with Crippen LogP contribution in [0, 0.1) is 22.0 Å². The van der Waals surface area contributed by atoms with Crippen molar-refractivity contribution in [2.75, 3.05) is 5.75 Å². The summed E-state index contributed by atoms with van der Waals surface area (Å²) in [4.78, 5) is 35.8. The molecule has 10 nitrogen and oxygen atoms in total. The first-order valence-electron chi connectivity index (χ1n) is 11.5. The molecular weight excluding hydrogens is 456 g/mol.